The van der Waals surface area contributed by atoms with Crippen molar-refractivity contribution in [3.8, 4) is 0 Å². The topological polar surface area (TPSA) is 46.9 Å². The standard InChI is InChI=1S/C20H29N3O/c1-2-3-4-7-15-23-18-10-6-5-9-17(18)22-19(23)11-8-14-21-20(24)16-12-13-16/h5-6,9-10,16H,2-4,7-8,11-15H2,1H3,(H,21,24). The van der Waals surface area contributed by atoms with Gasteiger partial charge in [0.15, 0.2) is 0 Å². The third-order valence-electron chi connectivity index (χ3n) is 4.79. The molecule has 0 saturated heterocycles. The van der Waals surface area contributed by atoms with Crippen molar-refractivity contribution in [3.63, 3.8) is 0 Å². The predicted octanol–water partition coefficient (Wildman–Crippen LogP) is 4.08. The zero-order chi connectivity index (χ0) is 16.8. The van der Waals surface area contributed by atoms with E-state index in [9.17, 15) is 4.79 Å². The van der Waals surface area contributed by atoms with Gasteiger partial charge in [0.25, 0.3) is 0 Å². The smallest absolute Gasteiger partial charge is 0.223 e. The molecule has 1 saturated carbocycles. The van der Waals surface area contributed by atoms with Crippen molar-refractivity contribution in [2.24, 2.45) is 5.92 Å². The first-order valence-electron chi connectivity index (χ1n) is 9.51. The molecule has 1 aliphatic carbocycles. The lowest BCUT2D eigenvalue weighted by atomic mass is 10.2. The Balaban J connectivity index is 1.58. The molecule has 0 aliphatic heterocycles. The van der Waals surface area contributed by atoms with E-state index < -0.39 is 0 Å². The molecule has 1 N–H and O–H groups in total. The molecule has 0 atom stereocenters. The van der Waals surface area contributed by atoms with Gasteiger partial charge in [-0.15, -0.1) is 0 Å². The summed E-state index contributed by atoms with van der Waals surface area (Å²) >= 11 is 0. The maximum Gasteiger partial charge on any atom is 0.223 e. The molecule has 0 spiro atoms. The second kappa shape index (κ2) is 8.32. The van der Waals surface area contributed by atoms with Crippen LogP contribution in [0.3, 0.4) is 0 Å². The molecule has 0 bridgehead atoms. The number of para-hydroxylation sites is 2. The summed E-state index contributed by atoms with van der Waals surface area (Å²) in [6, 6.07) is 8.40. The van der Waals surface area contributed by atoms with Gasteiger partial charge in [0.2, 0.25) is 5.91 Å². The lowest BCUT2D eigenvalue weighted by Gasteiger charge is -2.09. The van der Waals surface area contributed by atoms with Gasteiger partial charge in [0.05, 0.1) is 11.0 Å². The molecule has 1 aromatic heterocycles. The van der Waals surface area contributed by atoms with Crippen LogP contribution >= 0.6 is 0 Å². The molecule has 1 aliphatic rings. The van der Waals surface area contributed by atoms with E-state index in [2.05, 4.69) is 41.1 Å². The van der Waals surface area contributed by atoms with Crippen molar-refractivity contribution >= 4 is 16.9 Å². The minimum atomic E-state index is 0.239. The Morgan fingerprint density at radius 1 is 1.21 bits per heavy atom. The van der Waals surface area contributed by atoms with Crippen molar-refractivity contribution in [2.45, 2.75) is 64.8 Å². The van der Waals surface area contributed by atoms with Crippen molar-refractivity contribution in [2.75, 3.05) is 6.54 Å². The number of aromatic nitrogens is 2. The Morgan fingerprint density at radius 2 is 2.04 bits per heavy atom. The van der Waals surface area contributed by atoms with Crippen LogP contribution in [0.25, 0.3) is 11.0 Å². The molecule has 130 valence electrons. The second-order valence-corrected chi connectivity index (χ2v) is 6.90. The van der Waals surface area contributed by atoms with Gasteiger partial charge in [0.1, 0.15) is 5.82 Å². The molecule has 4 heteroatoms. The molecule has 1 heterocycles. The first-order valence-corrected chi connectivity index (χ1v) is 9.51. The second-order valence-electron chi connectivity index (χ2n) is 6.90. The highest BCUT2D eigenvalue weighted by molar-refractivity contribution is 5.80. The van der Waals surface area contributed by atoms with Crippen LogP contribution in [-0.4, -0.2) is 22.0 Å². The van der Waals surface area contributed by atoms with Crippen molar-refractivity contribution in [3.05, 3.63) is 30.1 Å². The van der Waals surface area contributed by atoms with Crippen molar-refractivity contribution in [1.82, 2.24) is 14.9 Å². The van der Waals surface area contributed by atoms with Gasteiger partial charge in [-0.25, -0.2) is 4.98 Å². The number of aryl methyl sites for hydroxylation is 2. The lowest BCUT2D eigenvalue weighted by Crippen LogP contribution is -2.26. The van der Waals surface area contributed by atoms with E-state index in [-0.39, 0.29) is 5.91 Å². The summed E-state index contributed by atoms with van der Waals surface area (Å²) in [6.45, 7) is 4.05. The number of carbonyl (C=O) groups excluding carboxylic acids is 1. The van der Waals surface area contributed by atoms with E-state index in [1.807, 2.05) is 0 Å². The van der Waals surface area contributed by atoms with Crippen LogP contribution in [0.5, 0.6) is 0 Å². The van der Waals surface area contributed by atoms with E-state index in [4.69, 9.17) is 4.98 Å². The Labute approximate surface area is 144 Å². The molecule has 0 unspecified atom stereocenters. The number of benzene rings is 1. The van der Waals surface area contributed by atoms with Crippen LogP contribution in [0, 0.1) is 5.92 Å². The fourth-order valence-corrected chi connectivity index (χ4v) is 3.21. The molecule has 1 aromatic carbocycles. The Kier molecular flexibility index (Phi) is 5.89. The minimum Gasteiger partial charge on any atom is -0.356 e. The summed E-state index contributed by atoms with van der Waals surface area (Å²) in [4.78, 5) is 16.5. The first kappa shape index (κ1) is 17.0. The Bertz CT molecular complexity index is 673. The number of nitrogens with zero attached hydrogens (tertiary/aromatic N) is 2. The number of nitrogens with one attached hydrogen (secondary N) is 1. The quantitative estimate of drug-likeness (QED) is 0.669. The summed E-state index contributed by atoms with van der Waals surface area (Å²) in [7, 11) is 0. The molecule has 24 heavy (non-hydrogen) atoms. The monoisotopic (exact) mass is 327 g/mol. The van der Waals surface area contributed by atoms with Gasteiger partial charge in [-0.2, -0.15) is 0 Å². The van der Waals surface area contributed by atoms with Gasteiger partial charge < -0.3 is 9.88 Å². The molecule has 1 amide bonds. The molecule has 4 nitrogen and oxygen atoms in total. The van der Waals surface area contributed by atoms with Crippen LogP contribution < -0.4 is 5.32 Å². The summed E-state index contributed by atoms with van der Waals surface area (Å²) < 4.78 is 2.38. The van der Waals surface area contributed by atoms with Crippen LogP contribution in [0.1, 0.15) is 57.7 Å². The van der Waals surface area contributed by atoms with E-state index in [0.29, 0.717) is 5.92 Å². The number of unbranched alkanes of at least 4 members (excludes halogenated alkanes) is 3. The highest BCUT2D eigenvalue weighted by Crippen LogP contribution is 2.28. The van der Waals surface area contributed by atoms with Gasteiger partial charge in [-0.1, -0.05) is 38.3 Å². The van der Waals surface area contributed by atoms with Crippen LogP contribution in [-0.2, 0) is 17.8 Å². The van der Waals surface area contributed by atoms with Crippen molar-refractivity contribution in [1.29, 1.82) is 0 Å². The first-order chi connectivity index (χ1) is 11.8. The molecule has 1 fully saturated rings. The highest BCUT2D eigenvalue weighted by Gasteiger charge is 2.28. The molecule has 2 aromatic rings. The largest absolute Gasteiger partial charge is 0.356 e. The number of amides is 1. The summed E-state index contributed by atoms with van der Waals surface area (Å²) in [5.41, 5.74) is 2.33. The van der Waals surface area contributed by atoms with Crippen LogP contribution in [0.2, 0.25) is 0 Å². The molecule has 3 rings (SSSR count). The number of rotatable bonds is 10. The average molecular weight is 327 g/mol. The fraction of sp³-hybridized carbons (Fsp3) is 0.600. The van der Waals surface area contributed by atoms with Crippen LogP contribution in [0.15, 0.2) is 24.3 Å². The maximum atomic E-state index is 11.7. The lowest BCUT2D eigenvalue weighted by molar-refractivity contribution is -0.122. The van der Waals surface area contributed by atoms with E-state index in [1.54, 1.807) is 0 Å². The Morgan fingerprint density at radius 3 is 2.83 bits per heavy atom. The normalized spacial score (nSPS) is 14.2. The fourth-order valence-electron chi connectivity index (χ4n) is 3.21. The maximum absolute atomic E-state index is 11.7. The van der Waals surface area contributed by atoms with Gasteiger partial charge in [-0.05, 0) is 37.8 Å². The minimum absolute atomic E-state index is 0.239. The SMILES string of the molecule is CCCCCCn1c(CCCNC(=O)C2CC2)nc2ccccc21. The van der Waals surface area contributed by atoms with Gasteiger partial charge in [-0.3, -0.25) is 4.79 Å². The number of imidazole rings is 1. The Hall–Kier alpha value is -1.84. The third kappa shape index (κ3) is 4.37. The van der Waals surface area contributed by atoms with Crippen LogP contribution in [0.4, 0.5) is 0 Å². The van der Waals surface area contributed by atoms with Gasteiger partial charge in [0, 0.05) is 25.4 Å². The highest BCUT2D eigenvalue weighted by atomic mass is 16.2. The molecule has 0 radical (unpaired) electrons. The molecular weight excluding hydrogens is 298 g/mol. The third-order valence-corrected chi connectivity index (χ3v) is 4.79. The zero-order valence-corrected chi connectivity index (χ0v) is 14.8. The number of hydrogen-bond acceptors (Lipinski definition) is 2. The average Bonchev–Trinajstić information content (AvgIpc) is 3.39. The summed E-state index contributed by atoms with van der Waals surface area (Å²) in [5.74, 6) is 1.70. The summed E-state index contributed by atoms with van der Waals surface area (Å²) in [6.07, 6.45) is 9.07. The number of hydrogen-bond donors (Lipinski definition) is 1. The summed E-state index contributed by atoms with van der Waals surface area (Å²) in [5, 5.41) is 3.05. The molecular formula is C20H29N3O. The number of fused-ring (bicyclic) bond motifs is 1. The van der Waals surface area contributed by atoms with E-state index >= 15 is 0 Å². The zero-order valence-electron chi connectivity index (χ0n) is 14.8. The van der Waals surface area contributed by atoms with E-state index in [1.165, 1.54) is 31.2 Å². The van der Waals surface area contributed by atoms with Gasteiger partial charge >= 0.3 is 0 Å². The predicted molar refractivity (Wildman–Crippen MR) is 97.9 cm³/mol. The number of carbonyl (C=O) groups is 1. The van der Waals surface area contributed by atoms with E-state index in [0.717, 1.165) is 50.1 Å². The van der Waals surface area contributed by atoms with Crippen molar-refractivity contribution < 1.29 is 4.79 Å².